The van der Waals surface area contributed by atoms with Crippen LogP contribution in [0.2, 0.25) is 0 Å². The second-order valence-corrected chi connectivity index (χ2v) is 11.8. The van der Waals surface area contributed by atoms with Crippen LogP contribution in [0.1, 0.15) is 38.5 Å². The Morgan fingerprint density at radius 3 is 2.32 bits per heavy atom. The molecule has 1 saturated heterocycles. The van der Waals surface area contributed by atoms with Crippen LogP contribution in [-0.2, 0) is 10.2 Å². The number of nitrogens with zero attached hydrogens (tertiary/aromatic N) is 1. The van der Waals surface area contributed by atoms with Crippen LogP contribution in [0.15, 0.2) is 30.3 Å². The molecule has 11 heteroatoms. The van der Waals surface area contributed by atoms with Crippen molar-refractivity contribution in [2.75, 3.05) is 29.7 Å². The number of rotatable bonds is 9. The van der Waals surface area contributed by atoms with Crippen molar-refractivity contribution in [1.29, 1.82) is 0 Å². The first-order chi connectivity index (χ1) is 16.2. The molecule has 0 atom stereocenters. The molecule has 34 heavy (non-hydrogen) atoms. The molecule has 1 saturated carbocycles. The van der Waals surface area contributed by atoms with Gasteiger partial charge in [-0.15, -0.1) is 0 Å². The van der Waals surface area contributed by atoms with E-state index >= 15 is 0 Å². The van der Waals surface area contributed by atoms with Crippen LogP contribution >= 0.6 is 22.6 Å². The van der Waals surface area contributed by atoms with E-state index in [-0.39, 0.29) is 11.4 Å². The third-order valence-corrected chi connectivity index (χ3v) is 8.72. The summed E-state index contributed by atoms with van der Waals surface area (Å²) in [7, 11) is -4.01. The lowest BCUT2D eigenvalue weighted by Crippen LogP contribution is -2.42. The monoisotopic (exact) mass is 608 g/mol. The van der Waals surface area contributed by atoms with Gasteiger partial charge < -0.3 is 10.6 Å². The van der Waals surface area contributed by atoms with Crippen molar-refractivity contribution in [3.63, 3.8) is 0 Å². The first-order valence-electron chi connectivity index (χ1n) is 11.4. The number of halogens is 4. The van der Waals surface area contributed by atoms with E-state index < -0.39 is 33.3 Å². The molecular weight excluding hydrogens is 580 g/mol. The Morgan fingerprint density at radius 2 is 1.68 bits per heavy atom. The summed E-state index contributed by atoms with van der Waals surface area (Å²) in [5.41, 5.74) is -0.758. The lowest BCUT2D eigenvalue weighted by atomic mass is 9.91. The molecule has 0 radical (unpaired) electrons. The van der Waals surface area contributed by atoms with E-state index in [2.05, 4.69) is 15.4 Å². The maximum atomic E-state index is 14.6. The Balaban J connectivity index is 1.41. The van der Waals surface area contributed by atoms with Gasteiger partial charge in [-0.2, -0.15) is 12.7 Å². The minimum absolute atomic E-state index is 0.0957. The lowest BCUT2D eigenvalue weighted by Gasteiger charge is -2.32. The molecule has 4 rings (SSSR count). The zero-order valence-corrected chi connectivity index (χ0v) is 21.6. The minimum atomic E-state index is -4.01. The fourth-order valence-electron chi connectivity index (χ4n) is 4.23. The Bertz CT molecular complexity index is 1120. The standard InChI is InChI=1S/C23H28F3IN4O2S/c24-18-5-7-21(23(22(18)26)29-20-6-4-16(27)14-19(20)25)30-34(32,33)31-12-9-15(10-13-31)8-11-28-17-2-1-3-17/h4-7,14-15,17,28-30H,1-3,8-13H2. The Morgan fingerprint density at radius 1 is 0.971 bits per heavy atom. The van der Waals surface area contributed by atoms with Gasteiger partial charge in [-0.05, 0) is 97.5 Å². The summed E-state index contributed by atoms with van der Waals surface area (Å²) < 4.78 is 73.2. The first-order valence-corrected chi connectivity index (χ1v) is 14.0. The molecule has 2 fully saturated rings. The normalized spacial score (nSPS) is 18.0. The van der Waals surface area contributed by atoms with Crippen molar-refractivity contribution in [2.24, 2.45) is 5.92 Å². The van der Waals surface area contributed by atoms with Gasteiger partial charge >= 0.3 is 10.2 Å². The van der Waals surface area contributed by atoms with E-state index in [4.69, 9.17) is 0 Å². The van der Waals surface area contributed by atoms with Crippen LogP contribution in [-0.4, -0.2) is 38.4 Å². The highest BCUT2D eigenvalue weighted by Crippen LogP contribution is 2.33. The molecule has 1 aliphatic heterocycles. The van der Waals surface area contributed by atoms with Crippen molar-refractivity contribution < 1.29 is 21.6 Å². The molecule has 0 bridgehead atoms. The van der Waals surface area contributed by atoms with E-state index in [0.717, 1.165) is 37.9 Å². The van der Waals surface area contributed by atoms with E-state index in [1.54, 1.807) is 6.07 Å². The molecule has 6 nitrogen and oxygen atoms in total. The van der Waals surface area contributed by atoms with E-state index in [1.807, 2.05) is 22.6 Å². The predicted molar refractivity (Wildman–Crippen MR) is 136 cm³/mol. The van der Waals surface area contributed by atoms with Crippen LogP contribution < -0.4 is 15.4 Å². The molecule has 1 aliphatic carbocycles. The number of piperidine rings is 1. The SMILES string of the molecule is O=S(=O)(Nc1ccc(F)c(F)c1Nc1ccc(I)cc1F)N1CCC(CCNC2CCC2)CC1. The third kappa shape index (κ3) is 6.16. The van der Waals surface area contributed by atoms with Gasteiger partial charge in [0.15, 0.2) is 11.6 Å². The number of hydrogen-bond donors (Lipinski definition) is 3. The predicted octanol–water partition coefficient (Wildman–Crippen LogP) is 5.35. The van der Waals surface area contributed by atoms with E-state index in [0.29, 0.717) is 28.6 Å². The maximum absolute atomic E-state index is 14.6. The summed E-state index contributed by atoms with van der Waals surface area (Å²) in [6.07, 6.45) is 6.25. The highest BCUT2D eigenvalue weighted by molar-refractivity contribution is 14.1. The van der Waals surface area contributed by atoms with Crippen molar-refractivity contribution in [2.45, 2.75) is 44.6 Å². The summed E-state index contributed by atoms with van der Waals surface area (Å²) in [6, 6.07) is 6.81. The molecule has 0 unspecified atom stereocenters. The zero-order chi connectivity index (χ0) is 24.3. The molecule has 2 aliphatic rings. The quantitative estimate of drug-likeness (QED) is 0.336. The van der Waals surface area contributed by atoms with Crippen LogP contribution in [0.25, 0.3) is 0 Å². The molecule has 2 aromatic carbocycles. The summed E-state index contributed by atoms with van der Waals surface area (Å²) in [4.78, 5) is 0. The van der Waals surface area contributed by atoms with E-state index in [9.17, 15) is 21.6 Å². The Kier molecular flexibility index (Phi) is 8.26. The number of nitrogens with one attached hydrogen (secondary N) is 3. The summed E-state index contributed by atoms with van der Waals surface area (Å²) in [6.45, 7) is 1.64. The number of anilines is 3. The molecule has 186 valence electrons. The molecule has 0 aromatic heterocycles. The van der Waals surface area contributed by atoms with Gasteiger partial charge in [0.25, 0.3) is 0 Å². The molecular formula is C23H28F3IN4O2S. The van der Waals surface area contributed by atoms with E-state index in [1.165, 1.54) is 35.7 Å². The largest absolute Gasteiger partial charge is 0.349 e. The summed E-state index contributed by atoms with van der Waals surface area (Å²) in [5.74, 6) is -2.69. The van der Waals surface area contributed by atoms with Crippen molar-refractivity contribution >= 4 is 49.9 Å². The van der Waals surface area contributed by atoms with Crippen LogP contribution in [0.5, 0.6) is 0 Å². The number of hydrogen-bond acceptors (Lipinski definition) is 4. The zero-order valence-electron chi connectivity index (χ0n) is 18.6. The highest BCUT2D eigenvalue weighted by Gasteiger charge is 2.29. The average molecular weight is 608 g/mol. The molecule has 2 aromatic rings. The molecule has 0 amide bonds. The van der Waals surface area contributed by atoms with Crippen LogP contribution in [0, 0.1) is 26.9 Å². The van der Waals surface area contributed by atoms with Gasteiger partial charge in [0.05, 0.1) is 11.4 Å². The fourth-order valence-corrected chi connectivity index (χ4v) is 5.95. The second kappa shape index (κ2) is 11.0. The Hall–Kier alpha value is -1.57. The van der Waals surface area contributed by atoms with Gasteiger partial charge in [-0.3, -0.25) is 4.72 Å². The van der Waals surface area contributed by atoms with Crippen LogP contribution in [0.3, 0.4) is 0 Å². The van der Waals surface area contributed by atoms with Gasteiger partial charge in [-0.25, -0.2) is 13.2 Å². The lowest BCUT2D eigenvalue weighted by molar-refractivity contribution is 0.253. The van der Waals surface area contributed by atoms with Crippen molar-refractivity contribution in [3.05, 3.63) is 51.4 Å². The van der Waals surface area contributed by atoms with Gasteiger partial charge in [0, 0.05) is 22.7 Å². The van der Waals surface area contributed by atoms with Gasteiger partial charge in [-0.1, -0.05) is 6.42 Å². The average Bonchev–Trinajstić information content (AvgIpc) is 2.77. The fraction of sp³-hybridized carbons (Fsp3) is 0.478. The minimum Gasteiger partial charge on any atom is -0.349 e. The smallest absolute Gasteiger partial charge is 0.301 e. The van der Waals surface area contributed by atoms with Crippen LogP contribution in [0.4, 0.5) is 30.2 Å². The molecule has 0 spiro atoms. The summed E-state index contributed by atoms with van der Waals surface area (Å²) >= 11 is 1.93. The maximum Gasteiger partial charge on any atom is 0.301 e. The summed E-state index contributed by atoms with van der Waals surface area (Å²) in [5, 5.41) is 6.04. The van der Waals surface area contributed by atoms with Crippen molar-refractivity contribution in [3.8, 4) is 0 Å². The topological polar surface area (TPSA) is 73.5 Å². The third-order valence-electron chi connectivity index (χ3n) is 6.53. The second-order valence-electron chi connectivity index (χ2n) is 8.85. The molecule has 3 N–H and O–H groups in total. The van der Waals surface area contributed by atoms with Crippen molar-refractivity contribution in [1.82, 2.24) is 9.62 Å². The molecule has 1 heterocycles. The number of benzene rings is 2. The van der Waals surface area contributed by atoms with Gasteiger partial charge in [0.1, 0.15) is 11.5 Å². The van der Waals surface area contributed by atoms with Gasteiger partial charge in [0.2, 0.25) is 0 Å². The highest BCUT2D eigenvalue weighted by atomic mass is 127. The first kappa shape index (κ1) is 25.5. The Labute approximate surface area is 212 Å².